The molecule has 0 fully saturated rings. The summed E-state index contributed by atoms with van der Waals surface area (Å²) in [6.07, 6.45) is 0. The zero-order valence-corrected chi connectivity index (χ0v) is 8.19. The van der Waals surface area contributed by atoms with Gasteiger partial charge in [-0.05, 0) is 13.1 Å². The highest BCUT2D eigenvalue weighted by molar-refractivity contribution is 5.85. The van der Waals surface area contributed by atoms with Crippen molar-refractivity contribution in [2.45, 2.75) is 6.54 Å². The van der Waals surface area contributed by atoms with Gasteiger partial charge in [0, 0.05) is 12.1 Å². The maximum atomic E-state index is 5.32. The molecule has 1 heterocycles. The van der Waals surface area contributed by atoms with Gasteiger partial charge in [0.2, 0.25) is 6.79 Å². The molecule has 0 aliphatic carbocycles. The quantitative estimate of drug-likeness (QED) is 0.788. The zero-order valence-electron chi connectivity index (χ0n) is 7.37. The van der Waals surface area contributed by atoms with Crippen LogP contribution < -0.4 is 14.8 Å². The van der Waals surface area contributed by atoms with Crippen molar-refractivity contribution in [3.63, 3.8) is 0 Å². The molecule has 1 aliphatic heterocycles. The second kappa shape index (κ2) is 4.35. The van der Waals surface area contributed by atoms with Crippen LogP contribution >= 0.6 is 12.4 Å². The highest BCUT2D eigenvalue weighted by atomic mass is 35.5. The molecule has 1 N–H and O–H groups in total. The van der Waals surface area contributed by atoms with E-state index in [1.807, 2.05) is 25.2 Å². The standard InChI is InChI=1S/C9H11NO2.ClH/c1-10-5-7-3-2-4-8-9(7)12-6-11-8;/h2-4,10H,5-6H2,1H3;1H. The number of benzene rings is 1. The van der Waals surface area contributed by atoms with Crippen LogP contribution in [0.25, 0.3) is 0 Å². The Labute approximate surface area is 83.5 Å². The number of nitrogens with one attached hydrogen (secondary N) is 1. The first-order chi connectivity index (χ1) is 5.92. The Hall–Kier alpha value is -0.930. The molecule has 0 spiro atoms. The van der Waals surface area contributed by atoms with Gasteiger partial charge in [0.05, 0.1) is 0 Å². The lowest BCUT2D eigenvalue weighted by molar-refractivity contribution is 0.173. The van der Waals surface area contributed by atoms with E-state index in [9.17, 15) is 0 Å². The van der Waals surface area contributed by atoms with E-state index >= 15 is 0 Å². The van der Waals surface area contributed by atoms with Crippen LogP contribution in [-0.2, 0) is 6.54 Å². The predicted octanol–water partition coefficient (Wildman–Crippen LogP) is 1.56. The lowest BCUT2D eigenvalue weighted by Gasteiger charge is -2.03. The Morgan fingerprint density at radius 1 is 1.38 bits per heavy atom. The molecular weight excluding hydrogens is 190 g/mol. The lowest BCUT2D eigenvalue weighted by Crippen LogP contribution is -2.05. The third-order valence-electron chi connectivity index (χ3n) is 1.85. The van der Waals surface area contributed by atoms with Crippen molar-refractivity contribution < 1.29 is 9.47 Å². The van der Waals surface area contributed by atoms with E-state index in [-0.39, 0.29) is 12.4 Å². The van der Waals surface area contributed by atoms with E-state index in [2.05, 4.69) is 5.32 Å². The minimum absolute atomic E-state index is 0. The summed E-state index contributed by atoms with van der Waals surface area (Å²) in [5.74, 6) is 1.73. The Kier molecular flexibility index (Phi) is 3.39. The summed E-state index contributed by atoms with van der Waals surface area (Å²) in [6, 6.07) is 5.92. The smallest absolute Gasteiger partial charge is 0.231 e. The maximum Gasteiger partial charge on any atom is 0.231 e. The molecule has 0 amide bonds. The minimum Gasteiger partial charge on any atom is -0.454 e. The number of ether oxygens (including phenoxy) is 2. The third-order valence-corrected chi connectivity index (χ3v) is 1.85. The Morgan fingerprint density at radius 3 is 3.00 bits per heavy atom. The molecule has 1 aromatic rings. The fourth-order valence-electron chi connectivity index (χ4n) is 1.32. The molecule has 0 saturated carbocycles. The predicted molar refractivity (Wildman–Crippen MR) is 52.6 cm³/mol. The summed E-state index contributed by atoms with van der Waals surface area (Å²) in [6.45, 7) is 1.16. The van der Waals surface area contributed by atoms with Crippen molar-refractivity contribution >= 4 is 12.4 Å². The molecule has 1 aromatic carbocycles. The summed E-state index contributed by atoms with van der Waals surface area (Å²) in [7, 11) is 1.91. The van der Waals surface area contributed by atoms with Crippen LogP contribution in [0.5, 0.6) is 11.5 Å². The highest BCUT2D eigenvalue weighted by Gasteiger charge is 2.15. The molecule has 0 bridgehead atoms. The normalized spacial score (nSPS) is 12.4. The molecule has 3 nitrogen and oxygen atoms in total. The summed E-state index contributed by atoms with van der Waals surface area (Å²) >= 11 is 0. The first-order valence-corrected chi connectivity index (χ1v) is 3.94. The van der Waals surface area contributed by atoms with Crippen molar-refractivity contribution in [3.05, 3.63) is 23.8 Å². The van der Waals surface area contributed by atoms with Gasteiger partial charge in [-0.2, -0.15) is 0 Å². The summed E-state index contributed by atoms with van der Waals surface area (Å²) < 4.78 is 10.6. The molecule has 13 heavy (non-hydrogen) atoms. The molecule has 1 aliphatic rings. The van der Waals surface area contributed by atoms with E-state index in [1.54, 1.807) is 0 Å². The maximum absolute atomic E-state index is 5.32. The van der Waals surface area contributed by atoms with Gasteiger partial charge in [-0.3, -0.25) is 0 Å². The average molecular weight is 202 g/mol. The Bertz CT molecular complexity index is 291. The number of halogens is 1. The number of hydrogen-bond donors (Lipinski definition) is 1. The Balaban J connectivity index is 0.000000845. The minimum atomic E-state index is 0. The first-order valence-electron chi connectivity index (χ1n) is 3.94. The molecule has 0 saturated heterocycles. The number of hydrogen-bond acceptors (Lipinski definition) is 3. The van der Waals surface area contributed by atoms with Gasteiger partial charge in [0.25, 0.3) is 0 Å². The van der Waals surface area contributed by atoms with Crippen molar-refractivity contribution in [1.82, 2.24) is 5.32 Å². The van der Waals surface area contributed by atoms with Crippen LogP contribution in [0.15, 0.2) is 18.2 Å². The summed E-state index contributed by atoms with van der Waals surface area (Å²) in [5.41, 5.74) is 1.15. The van der Waals surface area contributed by atoms with Gasteiger partial charge in [-0.15, -0.1) is 12.4 Å². The van der Waals surface area contributed by atoms with Gasteiger partial charge >= 0.3 is 0 Å². The SMILES string of the molecule is CNCc1cccc2c1OCO2.Cl. The molecular formula is C9H12ClNO2. The molecule has 72 valence electrons. The largest absolute Gasteiger partial charge is 0.454 e. The van der Waals surface area contributed by atoms with E-state index in [4.69, 9.17) is 9.47 Å². The van der Waals surface area contributed by atoms with E-state index in [0.29, 0.717) is 6.79 Å². The number of fused-ring (bicyclic) bond motifs is 1. The highest BCUT2D eigenvalue weighted by Crippen LogP contribution is 2.34. The monoisotopic (exact) mass is 201 g/mol. The van der Waals surface area contributed by atoms with E-state index in [0.717, 1.165) is 23.6 Å². The molecule has 0 atom stereocenters. The van der Waals surface area contributed by atoms with Gasteiger partial charge in [0.15, 0.2) is 11.5 Å². The molecule has 4 heteroatoms. The van der Waals surface area contributed by atoms with E-state index in [1.165, 1.54) is 0 Å². The van der Waals surface area contributed by atoms with Crippen LogP contribution in [0.4, 0.5) is 0 Å². The summed E-state index contributed by atoms with van der Waals surface area (Å²) in [4.78, 5) is 0. The van der Waals surface area contributed by atoms with Crippen LogP contribution in [0.1, 0.15) is 5.56 Å². The topological polar surface area (TPSA) is 30.5 Å². The first kappa shape index (κ1) is 10.2. The van der Waals surface area contributed by atoms with Crippen molar-refractivity contribution in [2.75, 3.05) is 13.8 Å². The molecule has 0 radical (unpaired) electrons. The van der Waals surface area contributed by atoms with Crippen molar-refractivity contribution in [1.29, 1.82) is 0 Å². The van der Waals surface area contributed by atoms with Crippen LogP contribution in [0, 0.1) is 0 Å². The fourth-order valence-corrected chi connectivity index (χ4v) is 1.32. The van der Waals surface area contributed by atoms with Crippen molar-refractivity contribution in [2.24, 2.45) is 0 Å². The average Bonchev–Trinajstić information content (AvgIpc) is 2.53. The van der Waals surface area contributed by atoms with Gasteiger partial charge in [-0.25, -0.2) is 0 Å². The Morgan fingerprint density at radius 2 is 2.23 bits per heavy atom. The van der Waals surface area contributed by atoms with Gasteiger partial charge in [0.1, 0.15) is 0 Å². The number of rotatable bonds is 2. The molecule has 0 aromatic heterocycles. The third kappa shape index (κ3) is 1.87. The van der Waals surface area contributed by atoms with Crippen LogP contribution in [0.3, 0.4) is 0 Å². The zero-order chi connectivity index (χ0) is 8.39. The summed E-state index contributed by atoms with van der Waals surface area (Å²) in [5, 5.41) is 3.08. The molecule has 2 rings (SSSR count). The second-order valence-corrected chi connectivity index (χ2v) is 2.68. The van der Waals surface area contributed by atoms with Crippen LogP contribution in [0.2, 0.25) is 0 Å². The van der Waals surface area contributed by atoms with Crippen molar-refractivity contribution in [3.8, 4) is 11.5 Å². The van der Waals surface area contributed by atoms with Crippen LogP contribution in [-0.4, -0.2) is 13.8 Å². The molecule has 0 unspecified atom stereocenters. The fraction of sp³-hybridized carbons (Fsp3) is 0.333. The number of para-hydroxylation sites is 1. The van der Waals surface area contributed by atoms with E-state index < -0.39 is 0 Å². The van der Waals surface area contributed by atoms with Gasteiger partial charge in [-0.1, -0.05) is 12.1 Å². The second-order valence-electron chi connectivity index (χ2n) is 2.68. The lowest BCUT2D eigenvalue weighted by atomic mass is 10.2. The van der Waals surface area contributed by atoms with Gasteiger partial charge < -0.3 is 14.8 Å².